The van der Waals surface area contributed by atoms with Crippen molar-refractivity contribution in [2.24, 2.45) is 0 Å². The van der Waals surface area contributed by atoms with Crippen LogP contribution in [-0.2, 0) is 9.53 Å². The van der Waals surface area contributed by atoms with Crippen LogP contribution in [0.2, 0.25) is 0 Å². The van der Waals surface area contributed by atoms with Crippen LogP contribution in [0.3, 0.4) is 0 Å². The van der Waals surface area contributed by atoms with Crippen LogP contribution in [0.15, 0.2) is 24.3 Å². The van der Waals surface area contributed by atoms with Crippen LogP contribution >= 0.6 is 0 Å². The third-order valence-electron chi connectivity index (χ3n) is 3.15. The summed E-state index contributed by atoms with van der Waals surface area (Å²) in [5.41, 5.74) is 2.09. The Labute approximate surface area is 90.3 Å². The first kappa shape index (κ1) is 10.2. The Balaban J connectivity index is 2.40. The number of hydrogen-bond donors (Lipinski definition) is 0. The van der Waals surface area contributed by atoms with Gasteiger partial charge in [0.05, 0.1) is 6.42 Å². The van der Waals surface area contributed by atoms with Crippen molar-refractivity contribution in [3.05, 3.63) is 35.4 Å². The molecule has 1 atom stereocenters. The van der Waals surface area contributed by atoms with Crippen LogP contribution in [0.1, 0.15) is 37.3 Å². The molecule has 0 amide bonds. The molecule has 0 N–H and O–H groups in total. The van der Waals surface area contributed by atoms with E-state index in [1.165, 1.54) is 11.1 Å². The summed E-state index contributed by atoms with van der Waals surface area (Å²) in [5, 5.41) is 0. The molecule has 2 heteroatoms. The molecular formula is C13H16O2. The van der Waals surface area contributed by atoms with E-state index in [1.807, 2.05) is 26.0 Å². The van der Waals surface area contributed by atoms with Crippen LogP contribution in [0.4, 0.5) is 0 Å². The topological polar surface area (TPSA) is 26.3 Å². The third-order valence-corrected chi connectivity index (χ3v) is 3.15. The molecule has 1 aliphatic rings. The Morgan fingerprint density at radius 1 is 1.33 bits per heavy atom. The first-order valence-corrected chi connectivity index (χ1v) is 5.28. The molecule has 1 aromatic carbocycles. The second-order valence-electron chi connectivity index (χ2n) is 4.69. The van der Waals surface area contributed by atoms with Crippen LogP contribution in [0.25, 0.3) is 0 Å². The largest absolute Gasteiger partial charge is 0.459 e. The second kappa shape index (κ2) is 3.37. The third kappa shape index (κ3) is 1.76. The van der Waals surface area contributed by atoms with Gasteiger partial charge in [-0.1, -0.05) is 24.3 Å². The average molecular weight is 204 g/mol. The van der Waals surface area contributed by atoms with Gasteiger partial charge in [0.1, 0.15) is 5.60 Å². The molecule has 0 spiro atoms. The van der Waals surface area contributed by atoms with Crippen molar-refractivity contribution in [2.45, 2.75) is 38.7 Å². The Bertz CT molecular complexity index is 393. The van der Waals surface area contributed by atoms with Crippen molar-refractivity contribution in [1.82, 2.24) is 0 Å². The molecular weight excluding hydrogens is 188 g/mol. The predicted octanol–water partition coefficient (Wildman–Crippen LogP) is 2.80. The van der Waals surface area contributed by atoms with Crippen molar-refractivity contribution in [1.29, 1.82) is 0 Å². The van der Waals surface area contributed by atoms with E-state index in [0.29, 0.717) is 6.42 Å². The van der Waals surface area contributed by atoms with Gasteiger partial charge in [-0.05, 0) is 31.9 Å². The zero-order valence-corrected chi connectivity index (χ0v) is 9.41. The highest BCUT2D eigenvalue weighted by Gasteiger charge is 2.42. The molecule has 2 rings (SSSR count). The number of carbonyl (C=O) groups excluding carboxylic acids is 1. The summed E-state index contributed by atoms with van der Waals surface area (Å²) >= 11 is 0. The quantitative estimate of drug-likeness (QED) is 0.657. The molecule has 0 unspecified atom stereocenters. The van der Waals surface area contributed by atoms with Crippen molar-refractivity contribution in [2.75, 3.05) is 0 Å². The number of cyclic esters (lactones) is 1. The van der Waals surface area contributed by atoms with Gasteiger partial charge in [-0.2, -0.15) is 0 Å². The molecule has 0 aromatic heterocycles. The minimum absolute atomic E-state index is 0.0896. The zero-order chi connectivity index (χ0) is 11.1. The fourth-order valence-corrected chi connectivity index (χ4v) is 2.28. The highest BCUT2D eigenvalue weighted by molar-refractivity contribution is 5.74. The summed E-state index contributed by atoms with van der Waals surface area (Å²) in [7, 11) is 0. The first-order chi connectivity index (χ1) is 7.00. The van der Waals surface area contributed by atoms with E-state index in [4.69, 9.17) is 4.74 Å². The van der Waals surface area contributed by atoms with Gasteiger partial charge in [0, 0.05) is 5.92 Å². The lowest BCUT2D eigenvalue weighted by Gasteiger charge is -2.26. The molecule has 0 radical (unpaired) electrons. The van der Waals surface area contributed by atoms with E-state index in [2.05, 4.69) is 19.1 Å². The molecule has 1 aromatic rings. The molecule has 0 saturated carbocycles. The number of aryl methyl sites for hydroxylation is 1. The van der Waals surface area contributed by atoms with Gasteiger partial charge in [-0.15, -0.1) is 0 Å². The first-order valence-electron chi connectivity index (χ1n) is 5.28. The molecule has 1 saturated heterocycles. The van der Waals surface area contributed by atoms with Crippen molar-refractivity contribution >= 4 is 5.97 Å². The Morgan fingerprint density at radius 2 is 2.00 bits per heavy atom. The highest BCUT2D eigenvalue weighted by atomic mass is 16.6. The van der Waals surface area contributed by atoms with Crippen molar-refractivity contribution in [3.63, 3.8) is 0 Å². The number of ether oxygens (including phenoxy) is 1. The van der Waals surface area contributed by atoms with Crippen LogP contribution in [0, 0.1) is 6.92 Å². The molecule has 0 bridgehead atoms. The normalized spacial score (nSPS) is 23.9. The number of rotatable bonds is 1. The fourth-order valence-electron chi connectivity index (χ4n) is 2.28. The fraction of sp³-hybridized carbons (Fsp3) is 0.462. The summed E-state index contributed by atoms with van der Waals surface area (Å²) in [5.74, 6) is 0.0967. The molecule has 15 heavy (non-hydrogen) atoms. The van der Waals surface area contributed by atoms with Gasteiger partial charge in [-0.3, -0.25) is 4.79 Å². The molecule has 0 aliphatic carbocycles. The van der Waals surface area contributed by atoms with E-state index in [1.54, 1.807) is 0 Å². The lowest BCUT2D eigenvalue weighted by Crippen LogP contribution is -2.26. The number of benzene rings is 1. The van der Waals surface area contributed by atoms with Gasteiger partial charge in [0.15, 0.2) is 0 Å². The Morgan fingerprint density at radius 3 is 2.53 bits per heavy atom. The maximum absolute atomic E-state index is 11.3. The maximum Gasteiger partial charge on any atom is 0.307 e. The summed E-state index contributed by atoms with van der Waals surface area (Å²) < 4.78 is 5.33. The smallest absolute Gasteiger partial charge is 0.307 e. The molecule has 80 valence electrons. The molecule has 1 heterocycles. The van der Waals surface area contributed by atoms with E-state index in [9.17, 15) is 4.79 Å². The predicted molar refractivity (Wildman–Crippen MR) is 58.7 cm³/mol. The van der Waals surface area contributed by atoms with E-state index < -0.39 is 0 Å². The lowest BCUT2D eigenvalue weighted by molar-refractivity contribution is -0.146. The number of carbonyl (C=O) groups is 1. The van der Waals surface area contributed by atoms with Gasteiger partial charge in [0.25, 0.3) is 0 Å². The van der Waals surface area contributed by atoms with Crippen LogP contribution in [-0.4, -0.2) is 11.6 Å². The maximum atomic E-state index is 11.3. The van der Waals surface area contributed by atoms with Gasteiger partial charge in [-0.25, -0.2) is 0 Å². The van der Waals surface area contributed by atoms with Gasteiger partial charge in [0.2, 0.25) is 0 Å². The minimum Gasteiger partial charge on any atom is -0.459 e. The SMILES string of the molecule is Cc1ccccc1[C@H]1CC(=O)OC1(C)C. The summed E-state index contributed by atoms with van der Waals surface area (Å²) in [6, 6.07) is 8.20. The van der Waals surface area contributed by atoms with E-state index in [-0.39, 0.29) is 17.5 Å². The number of hydrogen-bond acceptors (Lipinski definition) is 2. The second-order valence-corrected chi connectivity index (χ2v) is 4.69. The number of esters is 1. The van der Waals surface area contributed by atoms with Gasteiger partial charge < -0.3 is 4.74 Å². The van der Waals surface area contributed by atoms with E-state index in [0.717, 1.165) is 0 Å². The monoisotopic (exact) mass is 204 g/mol. The van der Waals surface area contributed by atoms with Crippen LogP contribution < -0.4 is 0 Å². The summed E-state index contributed by atoms with van der Waals surface area (Å²) in [4.78, 5) is 11.3. The minimum atomic E-state index is -0.372. The standard InChI is InChI=1S/C13H16O2/c1-9-6-4-5-7-10(9)11-8-12(14)15-13(11,2)3/h4-7,11H,8H2,1-3H3/t11-/m1/s1. The van der Waals surface area contributed by atoms with Crippen molar-refractivity contribution < 1.29 is 9.53 Å². The van der Waals surface area contributed by atoms with Crippen LogP contribution in [0.5, 0.6) is 0 Å². The molecule has 2 nitrogen and oxygen atoms in total. The highest BCUT2D eigenvalue weighted by Crippen LogP contribution is 2.41. The zero-order valence-electron chi connectivity index (χ0n) is 9.41. The molecule has 1 fully saturated rings. The Kier molecular flexibility index (Phi) is 2.29. The summed E-state index contributed by atoms with van der Waals surface area (Å²) in [6.07, 6.45) is 0.498. The van der Waals surface area contributed by atoms with Crippen molar-refractivity contribution in [3.8, 4) is 0 Å². The summed E-state index contributed by atoms with van der Waals surface area (Å²) in [6.45, 7) is 6.04. The van der Waals surface area contributed by atoms with E-state index >= 15 is 0 Å². The average Bonchev–Trinajstić information content (AvgIpc) is 2.40. The lowest BCUT2D eigenvalue weighted by atomic mass is 9.82. The van der Waals surface area contributed by atoms with Gasteiger partial charge >= 0.3 is 5.97 Å². The Hall–Kier alpha value is -1.31. The molecule has 1 aliphatic heterocycles.